The molecule has 0 fully saturated rings. The maximum atomic E-state index is 13.8. The number of benzene rings is 2. The summed E-state index contributed by atoms with van der Waals surface area (Å²) in [6.07, 6.45) is 0. The summed E-state index contributed by atoms with van der Waals surface area (Å²) >= 11 is 0. The number of nitrogens with one attached hydrogen (secondary N) is 1. The van der Waals surface area contributed by atoms with Gasteiger partial charge >= 0.3 is 0 Å². The van der Waals surface area contributed by atoms with Crippen LogP contribution in [0.5, 0.6) is 0 Å². The highest BCUT2D eigenvalue weighted by atomic mass is 32.2. The van der Waals surface area contributed by atoms with Crippen LogP contribution in [0.15, 0.2) is 53.4 Å². The highest BCUT2D eigenvalue weighted by Crippen LogP contribution is 2.19. The zero-order valence-corrected chi connectivity index (χ0v) is 16.5. The fourth-order valence-corrected chi connectivity index (χ4v) is 4.14. The van der Waals surface area contributed by atoms with E-state index in [0.29, 0.717) is 24.5 Å². The van der Waals surface area contributed by atoms with Crippen LogP contribution in [-0.2, 0) is 14.8 Å². The van der Waals surface area contributed by atoms with Crippen LogP contribution >= 0.6 is 0 Å². The van der Waals surface area contributed by atoms with Gasteiger partial charge in [-0.25, -0.2) is 12.8 Å². The minimum atomic E-state index is -3.54. The second-order valence-electron chi connectivity index (χ2n) is 5.97. The second kappa shape index (κ2) is 8.96. The van der Waals surface area contributed by atoms with E-state index in [4.69, 9.17) is 0 Å². The minimum Gasteiger partial charge on any atom is -0.363 e. The molecule has 0 saturated heterocycles. The van der Waals surface area contributed by atoms with E-state index in [-0.39, 0.29) is 17.3 Å². The summed E-state index contributed by atoms with van der Waals surface area (Å²) < 4.78 is 40.0. The van der Waals surface area contributed by atoms with Gasteiger partial charge in [-0.3, -0.25) is 4.79 Å². The van der Waals surface area contributed by atoms with E-state index in [9.17, 15) is 17.6 Å². The average Bonchev–Trinajstić information content (AvgIpc) is 2.63. The standard InChI is InChI=1S/C19H24FN3O3S/c1-4-23(5-2)27(25,26)16-12-10-15(11-13-16)21-19(24)14-22(3)18-9-7-6-8-17(18)20/h6-13H,4-5,14H2,1-3H3,(H,21,24). The highest BCUT2D eigenvalue weighted by molar-refractivity contribution is 7.89. The van der Waals surface area contributed by atoms with Crippen LogP contribution in [0.25, 0.3) is 0 Å². The zero-order valence-electron chi connectivity index (χ0n) is 15.6. The van der Waals surface area contributed by atoms with Gasteiger partial charge in [0.2, 0.25) is 15.9 Å². The first-order valence-corrected chi connectivity index (χ1v) is 10.1. The van der Waals surface area contributed by atoms with E-state index < -0.39 is 15.8 Å². The van der Waals surface area contributed by atoms with Gasteiger partial charge in [0.25, 0.3) is 0 Å². The molecule has 146 valence electrons. The number of carbonyl (C=O) groups is 1. The molecule has 0 bridgehead atoms. The van der Waals surface area contributed by atoms with Gasteiger partial charge in [0, 0.05) is 25.8 Å². The van der Waals surface area contributed by atoms with Crippen LogP contribution in [-0.4, -0.2) is 45.3 Å². The smallest absolute Gasteiger partial charge is 0.243 e. The van der Waals surface area contributed by atoms with Crippen LogP contribution in [0, 0.1) is 5.82 Å². The molecule has 6 nitrogen and oxygen atoms in total. The second-order valence-corrected chi connectivity index (χ2v) is 7.91. The lowest BCUT2D eigenvalue weighted by Crippen LogP contribution is -2.31. The third-order valence-electron chi connectivity index (χ3n) is 4.13. The Labute approximate surface area is 159 Å². The molecule has 2 aromatic rings. The Balaban J connectivity index is 2.04. The summed E-state index contributed by atoms with van der Waals surface area (Å²) in [5.41, 5.74) is 0.800. The number of hydrogen-bond acceptors (Lipinski definition) is 4. The summed E-state index contributed by atoms with van der Waals surface area (Å²) in [5.74, 6) is -0.737. The topological polar surface area (TPSA) is 69.7 Å². The summed E-state index contributed by atoms with van der Waals surface area (Å²) in [7, 11) is -1.91. The van der Waals surface area contributed by atoms with Crippen molar-refractivity contribution in [3.05, 3.63) is 54.3 Å². The molecule has 0 aliphatic heterocycles. The molecule has 0 spiro atoms. The van der Waals surface area contributed by atoms with Crippen LogP contribution in [0.4, 0.5) is 15.8 Å². The Morgan fingerprint density at radius 2 is 1.63 bits per heavy atom. The quantitative estimate of drug-likeness (QED) is 0.749. The number of nitrogens with zero attached hydrogens (tertiary/aromatic N) is 2. The van der Waals surface area contributed by atoms with Crippen molar-refractivity contribution in [3.8, 4) is 0 Å². The first kappa shape index (κ1) is 20.9. The van der Waals surface area contributed by atoms with Crippen molar-refractivity contribution in [2.75, 3.05) is 36.9 Å². The van der Waals surface area contributed by atoms with Gasteiger partial charge in [-0.1, -0.05) is 26.0 Å². The lowest BCUT2D eigenvalue weighted by Gasteiger charge is -2.20. The number of hydrogen-bond donors (Lipinski definition) is 1. The Morgan fingerprint density at radius 1 is 1.04 bits per heavy atom. The molecule has 1 N–H and O–H groups in total. The summed E-state index contributed by atoms with van der Waals surface area (Å²) in [5, 5.41) is 2.69. The van der Waals surface area contributed by atoms with Gasteiger partial charge in [-0.2, -0.15) is 4.31 Å². The number of rotatable bonds is 8. The van der Waals surface area contributed by atoms with Gasteiger partial charge < -0.3 is 10.2 Å². The number of para-hydroxylation sites is 1. The summed E-state index contributed by atoms with van der Waals surface area (Å²) in [4.78, 5) is 13.9. The highest BCUT2D eigenvalue weighted by Gasteiger charge is 2.21. The maximum absolute atomic E-state index is 13.8. The minimum absolute atomic E-state index is 0.0412. The Kier molecular flexibility index (Phi) is 6.92. The number of halogens is 1. The molecule has 0 heterocycles. The maximum Gasteiger partial charge on any atom is 0.243 e. The first-order chi connectivity index (χ1) is 12.8. The Morgan fingerprint density at radius 3 is 2.19 bits per heavy atom. The van der Waals surface area contributed by atoms with Crippen LogP contribution < -0.4 is 10.2 Å². The largest absolute Gasteiger partial charge is 0.363 e. The molecule has 0 aromatic heterocycles. The molecule has 0 unspecified atom stereocenters. The SMILES string of the molecule is CCN(CC)S(=O)(=O)c1ccc(NC(=O)CN(C)c2ccccc2F)cc1. The summed E-state index contributed by atoms with van der Waals surface area (Å²) in [6.45, 7) is 4.29. The third kappa shape index (κ3) is 5.05. The molecule has 2 aromatic carbocycles. The normalized spacial score (nSPS) is 11.4. The van der Waals surface area contributed by atoms with Gasteiger partial charge in [0.1, 0.15) is 5.82 Å². The van der Waals surface area contributed by atoms with Crippen LogP contribution in [0.3, 0.4) is 0 Å². The average molecular weight is 393 g/mol. The predicted molar refractivity (Wildman–Crippen MR) is 105 cm³/mol. The van der Waals surface area contributed by atoms with Crippen molar-refractivity contribution in [2.24, 2.45) is 0 Å². The molecule has 0 aliphatic rings. The molecular formula is C19H24FN3O3S. The molecule has 0 radical (unpaired) electrons. The number of amides is 1. The fraction of sp³-hybridized carbons (Fsp3) is 0.316. The van der Waals surface area contributed by atoms with Crippen LogP contribution in [0.1, 0.15) is 13.8 Å². The van der Waals surface area contributed by atoms with Crippen molar-refractivity contribution in [3.63, 3.8) is 0 Å². The Hall–Kier alpha value is -2.45. The number of anilines is 2. The molecule has 2 rings (SSSR count). The molecule has 0 saturated carbocycles. The van der Waals surface area contributed by atoms with E-state index in [0.717, 1.165) is 0 Å². The predicted octanol–water partition coefficient (Wildman–Crippen LogP) is 2.93. The van der Waals surface area contributed by atoms with Crippen molar-refractivity contribution in [2.45, 2.75) is 18.7 Å². The van der Waals surface area contributed by atoms with E-state index in [1.165, 1.54) is 39.5 Å². The van der Waals surface area contributed by atoms with Crippen molar-refractivity contribution < 1.29 is 17.6 Å². The van der Waals surface area contributed by atoms with Gasteiger partial charge in [-0.05, 0) is 36.4 Å². The van der Waals surface area contributed by atoms with E-state index in [1.54, 1.807) is 39.1 Å². The Bertz CT molecular complexity index is 881. The van der Waals surface area contributed by atoms with E-state index >= 15 is 0 Å². The number of sulfonamides is 1. The molecule has 0 aliphatic carbocycles. The molecule has 1 amide bonds. The van der Waals surface area contributed by atoms with Crippen molar-refractivity contribution in [1.29, 1.82) is 0 Å². The van der Waals surface area contributed by atoms with Gasteiger partial charge in [0.05, 0.1) is 17.1 Å². The summed E-state index contributed by atoms with van der Waals surface area (Å²) in [6, 6.07) is 12.2. The van der Waals surface area contributed by atoms with Crippen molar-refractivity contribution >= 4 is 27.3 Å². The fourth-order valence-electron chi connectivity index (χ4n) is 2.69. The number of carbonyl (C=O) groups excluding carboxylic acids is 1. The van der Waals surface area contributed by atoms with Gasteiger partial charge in [-0.15, -0.1) is 0 Å². The van der Waals surface area contributed by atoms with Crippen LogP contribution in [0.2, 0.25) is 0 Å². The molecular weight excluding hydrogens is 369 g/mol. The van der Waals surface area contributed by atoms with Crippen molar-refractivity contribution in [1.82, 2.24) is 4.31 Å². The lowest BCUT2D eigenvalue weighted by molar-refractivity contribution is -0.114. The van der Waals surface area contributed by atoms with Gasteiger partial charge in [0.15, 0.2) is 0 Å². The van der Waals surface area contributed by atoms with E-state index in [1.807, 2.05) is 0 Å². The third-order valence-corrected chi connectivity index (χ3v) is 6.19. The molecule has 27 heavy (non-hydrogen) atoms. The molecule has 0 atom stereocenters. The van der Waals surface area contributed by atoms with E-state index in [2.05, 4.69) is 5.32 Å². The lowest BCUT2D eigenvalue weighted by atomic mass is 10.2. The first-order valence-electron chi connectivity index (χ1n) is 8.65. The monoisotopic (exact) mass is 393 g/mol. The molecule has 8 heteroatoms. The number of likely N-dealkylation sites (N-methyl/N-ethyl adjacent to an activating group) is 1. The zero-order chi connectivity index (χ0) is 20.0.